The van der Waals surface area contributed by atoms with E-state index in [1.165, 1.54) is 12.1 Å². The molecule has 0 aliphatic carbocycles. The zero-order valence-electron chi connectivity index (χ0n) is 5.34. The maximum Gasteiger partial charge on any atom is 0.240 e. The van der Waals surface area contributed by atoms with Crippen LogP contribution >= 0.6 is 11.6 Å². The van der Waals surface area contributed by atoms with E-state index in [2.05, 4.69) is 4.99 Å². The monoisotopic (exact) mass is 171 g/mol. The Hall–Kier alpha value is -1.18. The minimum absolute atomic E-state index is 0.171. The fourth-order valence-electron chi connectivity index (χ4n) is 0.657. The Morgan fingerprint density at radius 3 is 2.73 bits per heavy atom. The van der Waals surface area contributed by atoms with Gasteiger partial charge in [-0.15, -0.1) is 0 Å². The summed E-state index contributed by atoms with van der Waals surface area (Å²) in [6.45, 7) is 0. The smallest absolute Gasteiger partial charge is 0.211 e. The fourth-order valence-corrected chi connectivity index (χ4v) is 0.873. The summed E-state index contributed by atoms with van der Waals surface area (Å²) in [5.41, 5.74) is 0.171. The van der Waals surface area contributed by atoms with Crippen molar-refractivity contribution in [2.45, 2.75) is 0 Å². The zero-order chi connectivity index (χ0) is 8.27. The van der Waals surface area contributed by atoms with E-state index in [1.807, 2.05) is 0 Å². The van der Waals surface area contributed by atoms with Crippen molar-refractivity contribution in [3.05, 3.63) is 29.0 Å². The van der Waals surface area contributed by atoms with Crippen molar-refractivity contribution >= 4 is 23.4 Å². The van der Waals surface area contributed by atoms with Crippen LogP contribution in [0.15, 0.2) is 23.2 Å². The highest BCUT2D eigenvalue weighted by Crippen LogP contribution is 2.19. The molecule has 0 N–H and O–H groups in total. The van der Waals surface area contributed by atoms with E-state index in [1.54, 1.807) is 0 Å². The third-order valence-electron chi connectivity index (χ3n) is 1.02. The normalized spacial score (nSPS) is 8.91. The number of isocyanates is 1. The molecular formula is C7H3ClFNO. The maximum absolute atomic E-state index is 12.5. The van der Waals surface area contributed by atoms with Gasteiger partial charge in [-0.05, 0) is 12.1 Å². The van der Waals surface area contributed by atoms with Crippen molar-refractivity contribution in [3.63, 3.8) is 0 Å². The molecule has 2 nitrogen and oxygen atoms in total. The molecule has 0 aliphatic rings. The van der Waals surface area contributed by atoms with Crippen molar-refractivity contribution < 1.29 is 9.18 Å². The largest absolute Gasteiger partial charge is 0.240 e. The second kappa shape index (κ2) is 3.28. The van der Waals surface area contributed by atoms with Crippen molar-refractivity contribution in [2.75, 3.05) is 0 Å². The van der Waals surface area contributed by atoms with E-state index in [0.29, 0.717) is 0 Å². The number of hydrogen-bond donors (Lipinski definition) is 0. The Labute approximate surface area is 67.3 Å². The molecule has 1 rings (SSSR count). The topological polar surface area (TPSA) is 29.4 Å². The Bertz CT molecular complexity index is 300. The Morgan fingerprint density at radius 1 is 1.45 bits per heavy atom. The van der Waals surface area contributed by atoms with Crippen molar-refractivity contribution in [1.82, 2.24) is 0 Å². The minimum Gasteiger partial charge on any atom is -0.211 e. The first-order valence-electron chi connectivity index (χ1n) is 2.76. The molecular weight excluding hydrogens is 169 g/mol. The lowest BCUT2D eigenvalue weighted by molar-refractivity contribution is 0.565. The van der Waals surface area contributed by atoms with Gasteiger partial charge in [0.25, 0.3) is 0 Å². The maximum atomic E-state index is 12.5. The molecule has 0 radical (unpaired) electrons. The summed E-state index contributed by atoms with van der Waals surface area (Å²) in [5.74, 6) is -0.522. The lowest BCUT2D eigenvalue weighted by Crippen LogP contribution is -1.72. The van der Waals surface area contributed by atoms with Gasteiger partial charge < -0.3 is 0 Å². The predicted octanol–water partition coefficient (Wildman–Crippen LogP) is 2.45. The molecule has 0 atom stereocenters. The number of carbonyl (C=O) groups excluding carboxylic acids is 1. The summed E-state index contributed by atoms with van der Waals surface area (Å²) in [7, 11) is 0. The quantitative estimate of drug-likeness (QED) is 0.471. The van der Waals surface area contributed by atoms with Crippen LogP contribution in [0.5, 0.6) is 0 Å². The molecule has 0 unspecified atom stereocenters. The van der Waals surface area contributed by atoms with E-state index < -0.39 is 5.82 Å². The average Bonchev–Trinajstić information content (AvgIpc) is 1.85. The van der Waals surface area contributed by atoms with Crippen LogP contribution in [0.2, 0.25) is 5.02 Å². The van der Waals surface area contributed by atoms with Crippen molar-refractivity contribution in [3.8, 4) is 0 Å². The van der Waals surface area contributed by atoms with Crippen LogP contribution in [0.3, 0.4) is 0 Å². The van der Waals surface area contributed by atoms with Crippen LogP contribution in [0.1, 0.15) is 0 Å². The first kappa shape index (κ1) is 7.92. The van der Waals surface area contributed by atoms with Crippen LogP contribution < -0.4 is 0 Å². The minimum atomic E-state index is -0.522. The molecule has 4 heteroatoms. The first-order valence-corrected chi connectivity index (χ1v) is 3.14. The van der Waals surface area contributed by atoms with Gasteiger partial charge in [-0.25, -0.2) is 9.18 Å². The molecule has 11 heavy (non-hydrogen) atoms. The molecule has 0 fully saturated rings. The van der Waals surface area contributed by atoms with Gasteiger partial charge in [-0.1, -0.05) is 11.6 Å². The summed E-state index contributed by atoms with van der Waals surface area (Å²) < 4.78 is 12.5. The lowest BCUT2D eigenvalue weighted by Gasteiger charge is -1.92. The summed E-state index contributed by atoms with van der Waals surface area (Å²) in [6, 6.07) is 3.59. The van der Waals surface area contributed by atoms with Gasteiger partial charge in [-0.2, -0.15) is 4.99 Å². The van der Waals surface area contributed by atoms with Gasteiger partial charge in [-0.3, -0.25) is 0 Å². The van der Waals surface area contributed by atoms with Crippen molar-refractivity contribution in [2.24, 2.45) is 4.99 Å². The summed E-state index contributed by atoms with van der Waals surface area (Å²) in [4.78, 5) is 12.9. The molecule has 0 bridgehead atoms. The Morgan fingerprint density at radius 2 is 2.18 bits per heavy atom. The summed E-state index contributed by atoms with van der Waals surface area (Å²) >= 11 is 5.46. The molecule has 0 aromatic heterocycles. The molecule has 0 amide bonds. The average molecular weight is 172 g/mol. The van der Waals surface area contributed by atoms with Crippen LogP contribution in [0.25, 0.3) is 0 Å². The summed E-state index contributed by atoms with van der Waals surface area (Å²) in [5, 5.41) is 0.207. The van der Waals surface area contributed by atoms with E-state index >= 15 is 0 Å². The van der Waals surface area contributed by atoms with Gasteiger partial charge >= 0.3 is 0 Å². The Balaban J connectivity index is 3.18. The van der Waals surface area contributed by atoms with Crippen LogP contribution in [0, 0.1) is 5.82 Å². The highest BCUT2D eigenvalue weighted by molar-refractivity contribution is 6.30. The number of aliphatic imine (C=N–C) groups is 1. The first-order chi connectivity index (χ1) is 5.22. The molecule has 56 valence electrons. The van der Waals surface area contributed by atoms with Crippen LogP contribution in [0.4, 0.5) is 10.1 Å². The molecule has 1 aromatic carbocycles. The predicted molar refractivity (Wildman–Crippen MR) is 39.2 cm³/mol. The van der Waals surface area contributed by atoms with E-state index in [4.69, 9.17) is 11.6 Å². The molecule has 0 saturated heterocycles. The third kappa shape index (κ3) is 2.15. The number of hydrogen-bond acceptors (Lipinski definition) is 2. The third-order valence-corrected chi connectivity index (χ3v) is 1.24. The van der Waals surface area contributed by atoms with E-state index in [9.17, 15) is 9.18 Å². The highest BCUT2D eigenvalue weighted by atomic mass is 35.5. The number of benzene rings is 1. The van der Waals surface area contributed by atoms with Gasteiger partial charge in [0.1, 0.15) is 5.82 Å². The summed E-state index contributed by atoms with van der Waals surface area (Å²) in [6.07, 6.45) is 1.29. The van der Waals surface area contributed by atoms with Crippen LogP contribution in [-0.2, 0) is 4.79 Å². The molecule has 0 aliphatic heterocycles. The highest BCUT2D eigenvalue weighted by Gasteiger charge is 1.96. The zero-order valence-corrected chi connectivity index (χ0v) is 6.10. The number of halogens is 2. The molecule has 0 saturated carbocycles. The lowest BCUT2D eigenvalue weighted by atomic mass is 10.3. The van der Waals surface area contributed by atoms with E-state index in [0.717, 1.165) is 12.1 Å². The molecule has 0 heterocycles. The number of nitrogens with zero attached hydrogens (tertiary/aromatic N) is 1. The molecule has 1 aromatic rings. The fraction of sp³-hybridized carbons (Fsp3) is 0. The van der Waals surface area contributed by atoms with E-state index in [-0.39, 0.29) is 10.7 Å². The Kier molecular flexibility index (Phi) is 2.36. The van der Waals surface area contributed by atoms with Crippen LogP contribution in [-0.4, -0.2) is 6.08 Å². The number of rotatable bonds is 1. The second-order valence-corrected chi connectivity index (χ2v) is 2.27. The van der Waals surface area contributed by atoms with Gasteiger partial charge in [0, 0.05) is 11.1 Å². The second-order valence-electron chi connectivity index (χ2n) is 1.83. The van der Waals surface area contributed by atoms with Gasteiger partial charge in [0.2, 0.25) is 6.08 Å². The van der Waals surface area contributed by atoms with Gasteiger partial charge in [0.05, 0.1) is 5.69 Å². The van der Waals surface area contributed by atoms with Crippen molar-refractivity contribution in [1.29, 1.82) is 0 Å². The molecule has 0 spiro atoms. The van der Waals surface area contributed by atoms with Gasteiger partial charge in [0.15, 0.2) is 0 Å². The SMILES string of the molecule is O=C=Nc1cc(F)cc(Cl)c1. The standard InChI is InChI=1S/C7H3ClFNO/c8-5-1-6(9)3-7(2-5)10-4-11/h1-3H.